The molecule has 0 amide bonds. The fraction of sp³-hybridized carbons (Fsp3) is 1.00. The molecule has 0 fully saturated rings. The Morgan fingerprint density at radius 2 is 1.37 bits per heavy atom. The van der Waals surface area contributed by atoms with Gasteiger partial charge in [-0.3, -0.25) is 0 Å². The van der Waals surface area contributed by atoms with Gasteiger partial charge in [-0.25, -0.2) is 8.37 Å². The Hall–Kier alpha value is -0.130. The first-order valence-corrected chi connectivity index (χ1v) is 8.82. The normalized spacial score (nSPS) is 12.8. The third kappa shape index (κ3) is 9.41. The zero-order valence-corrected chi connectivity index (χ0v) is 13.7. The molecule has 0 heterocycles. The second kappa shape index (κ2) is 9.72. The van der Waals surface area contributed by atoms with E-state index in [0.29, 0.717) is 0 Å². The second-order valence-corrected chi connectivity index (χ2v) is 6.54. The first-order valence-electron chi connectivity index (χ1n) is 7.49. The fourth-order valence-electron chi connectivity index (χ4n) is 1.89. The summed E-state index contributed by atoms with van der Waals surface area (Å²) in [5.41, 5.74) is -0.628. The largest absolute Gasteiger partial charge is 0.400 e. The van der Waals surface area contributed by atoms with Gasteiger partial charge in [-0.15, -0.1) is 0 Å². The Bertz CT molecular complexity index is 303. The highest BCUT2D eigenvalue weighted by molar-refractivity contribution is 7.81. The van der Waals surface area contributed by atoms with E-state index in [0.717, 1.165) is 51.4 Å². The molecule has 0 bridgehead atoms. The summed E-state index contributed by atoms with van der Waals surface area (Å²) in [6.07, 6.45) is 7.11. The molecule has 0 radical (unpaired) electrons. The van der Waals surface area contributed by atoms with Crippen molar-refractivity contribution in [2.24, 2.45) is 0 Å². The maximum absolute atomic E-state index is 11.8. The lowest BCUT2D eigenvalue weighted by Gasteiger charge is -2.28. The van der Waals surface area contributed by atoms with Gasteiger partial charge in [0.05, 0.1) is 12.2 Å². The SMILES string of the molecule is CCCCOS(=O)(=O)OC(C)(CCCC)CCCC. The Kier molecular flexibility index (Phi) is 9.66. The summed E-state index contributed by atoms with van der Waals surface area (Å²) in [6, 6.07) is 0. The van der Waals surface area contributed by atoms with E-state index in [9.17, 15) is 8.42 Å². The molecule has 0 aromatic carbocycles. The highest BCUT2D eigenvalue weighted by Gasteiger charge is 2.31. The summed E-state index contributed by atoms with van der Waals surface area (Å²) in [7, 11) is -3.87. The van der Waals surface area contributed by atoms with Crippen LogP contribution in [0.5, 0.6) is 0 Å². The molecule has 0 aliphatic carbocycles. The molecule has 4 nitrogen and oxygen atoms in total. The molecule has 0 N–H and O–H groups in total. The van der Waals surface area contributed by atoms with E-state index >= 15 is 0 Å². The standard InChI is InChI=1S/C14H30O4S/c1-5-8-11-14(4,12-9-6-2)18-19(15,16)17-13-10-7-3/h5-13H2,1-4H3. The van der Waals surface area contributed by atoms with E-state index in [-0.39, 0.29) is 6.61 Å². The van der Waals surface area contributed by atoms with Gasteiger partial charge in [-0.2, -0.15) is 8.42 Å². The average molecular weight is 294 g/mol. The molecular weight excluding hydrogens is 264 g/mol. The van der Waals surface area contributed by atoms with E-state index in [1.165, 1.54) is 0 Å². The molecule has 0 aromatic rings. The van der Waals surface area contributed by atoms with E-state index < -0.39 is 16.0 Å². The molecule has 0 rings (SSSR count). The van der Waals surface area contributed by atoms with Crippen molar-refractivity contribution in [2.45, 2.75) is 84.7 Å². The van der Waals surface area contributed by atoms with Crippen molar-refractivity contribution in [3.05, 3.63) is 0 Å². The van der Waals surface area contributed by atoms with Crippen molar-refractivity contribution in [3.63, 3.8) is 0 Å². The molecule has 5 heteroatoms. The van der Waals surface area contributed by atoms with E-state index in [4.69, 9.17) is 8.37 Å². The van der Waals surface area contributed by atoms with Gasteiger partial charge in [-0.05, 0) is 26.2 Å². The van der Waals surface area contributed by atoms with Crippen LogP contribution in [0.4, 0.5) is 0 Å². The van der Waals surface area contributed by atoms with Crippen LogP contribution < -0.4 is 0 Å². The minimum absolute atomic E-state index is 0.205. The zero-order chi connectivity index (χ0) is 14.8. The van der Waals surface area contributed by atoms with Crippen molar-refractivity contribution < 1.29 is 16.8 Å². The predicted molar refractivity (Wildman–Crippen MR) is 78.3 cm³/mol. The molecule has 0 spiro atoms. The predicted octanol–water partition coefficient (Wildman–Crippen LogP) is 4.20. The number of rotatable bonds is 12. The summed E-state index contributed by atoms with van der Waals surface area (Å²) in [6.45, 7) is 8.25. The summed E-state index contributed by atoms with van der Waals surface area (Å²) in [4.78, 5) is 0. The van der Waals surface area contributed by atoms with Gasteiger partial charge in [0.2, 0.25) is 0 Å². The number of hydrogen-bond donors (Lipinski definition) is 0. The lowest BCUT2D eigenvalue weighted by atomic mass is 9.93. The van der Waals surface area contributed by atoms with Crippen molar-refractivity contribution in [1.29, 1.82) is 0 Å². The summed E-state index contributed by atoms with van der Waals surface area (Å²) < 4.78 is 33.8. The van der Waals surface area contributed by atoms with Crippen LogP contribution >= 0.6 is 0 Å². The van der Waals surface area contributed by atoms with Crippen LogP contribution in [-0.2, 0) is 18.8 Å². The quantitative estimate of drug-likeness (QED) is 0.506. The van der Waals surface area contributed by atoms with Gasteiger partial charge in [0, 0.05) is 0 Å². The summed E-state index contributed by atoms with van der Waals surface area (Å²) >= 11 is 0. The molecule has 19 heavy (non-hydrogen) atoms. The van der Waals surface area contributed by atoms with Crippen LogP contribution in [-0.4, -0.2) is 20.6 Å². The average Bonchev–Trinajstić information content (AvgIpc) is 2.34. The van der Waals surface area contributed by atoms with Crippen LogP contribution in [0, 0.1) is 0 Å². The highest BCUT2D eigenvalue weighted by atomic mass is 32.3. The van der Waals surface area contributed by atoms with E-state index in [1.54, 1.807) is 0 Å². The van der Waals surface area contributed by atoms with Crippen molar-refractivity contribution in [2.75, 3.05) is 6.61 Å². The molecule has 0 aliphatic heterocycles. The Morgan fingerprint density at radius 3 is 1.79 bits per heavy atom. The van der Waals surface area contributed by atoms with Gasteiger partial charge in [0.1, 0.15) is 0 Å². The molecule has 0 aromatic heterocycles. The third-order valence-electron chi connectivity index (χ3n) is 3.15. The van der Waals surface area contributed by atoms with Crippen LogP contribution in [0.2, 0.25) is 0 Å². The minimum atomic E-state index is -3.87. The monoisotopic (exact) mass is 294 g/mol. The fourth-order valence-corrected chi connectivity index (χ4v) is 2.92. The summed E-state index contributed by atoms with van der Waals surface area (Å²) in [5.74, 6) is 0. The van der Waals surface area contributed by atoms with Gasteiger partial charge in [0.25, 0.3) is 0 Å². The zero-order valence-electron chi connectivity index (χ0n) is 12.9. The van der Waals surface area contributed by atoms with Gasteiger partial charge in [0.15, 0.2) is 0 Å². The van der Waals surface area contributed by atoms with Crippen LogP contribution in [0.15, 0.2) is 0 Å². The van der Waals surface area contributed by atoms with E-state index in [1.807, 2.05) is 13.8 Å². The summed E-state index contributed by atoms with van der Waals surface area (Å²) in [5, 5.41) is 0. The van der Waals surface area contributed by atoms with Gasteiger partial charge in [-0.1, -0.05) is 52.9 Å². The number of unbranched alkanes of at least 4 members (excludes halogenated alkanes) is 3. The molecule has 0 atom stereocenters. The maximum atomic E-state index is 11.8. The van der Waals surface area contributed by atoms with Crippen molar-refractivity contribution in [3.8, 4) is 0 Å². The smallest absolute Gasteiger partial charge is 0.248 e. The van der Waals surface area contributed by atoms with E-state index in [2.05, 4.69) is 13.8 Å². The lowest BCUT2D eigenvalue weighted by molar-refractivity contribution is 0.0496. The van der Waals surface area contributed by atoms with Crippen LogP contribution in [0.25, 0.3) is 0 Å². The van der Waals surface area contributed by atoms with Crippen LogP contribution in [0.1, 0.15) is 79.1 Å². The Labute approximate surface area is 119 Å². The Balaban J connectivity index is 4.50. The minimum Gasteiger partial charge on any atom is -0.248 e. The molecule has 0 saturated carbocycles. The first kappa shape index (κ1) is 18.9. The van der Waals surface area contributed by atoms with Crippen molar-refractivity contribution in [1.82, 2.24) is 0 Å². The van der Waals surface area contributed by atoms with Crippen LogP contribution in [0.3, 0.4) is 0 Å². The molecule has 116 valence electrons. The topological polar surface area (TPSA) is 52.6 Å². The second-order valence-electron chi connectivity index (χ2n) is 5.32. The third-order valence-corrected chi connectivity index (χ3v) is 4.21. The molecule has 0 saturated heterocycles. The van der Waals surface area contributed by atoms with Gasteiger partial charge < -0.3 is 0 Å². The lowest BCUT2D eigenvalue weighted by Crippen LogP contribution is -2.32. The van der Waals surface area contributed by atoms with Crippen molar-refractivity contribution >= 4 is 10.4 Å². The van der Waals surface area contributed by atoms with Gasteiger partial charge >= 0.3 is 10.4 Å². The molecular formula is C14H30O4S. The Morgan fingerprint density at radius 1 is 0.895 bits per heavy atom. The first-order chi connectivity index (χ1) is 8.89. The maximum Gasteiger partial charge on any atom is 0.400 e. The highest BCUT2D eigenvalue weighted by Crippen LogP contribution is 2.28. The number of hydrogen-bond acceptors (Lipinski definition) is 4. The molecule has 0 aliphatic rings. The molecule has 0 unspecified atom stereocenters.